The average molecular weight is 347 g/mol. The molecule has 2 heterocycles. The van der Waals surface area contributed by atoms with Crippen molar-refractivity contribution in [2.24, 2.45) is 0 Å². The third kappa shape index (κ3) is 3.51. The standard InChI is InChI=1S/C17H21N3O3S/c1-3-23-17(22)15-12-6-4-5-7-13(12)24-16(15)19-14(21)10-20-9-11(2)8-18-20/h8-9H,3-7,10H2,1-2H3,(H,19,21). The lowest BCUT2D eigenvalue weighted by Crippen LogP contribution is -2.20. The molecule has 0 spiro atoms. The number of nitrogens with one attached hydrogen (secondary N) is 1. The van der Waals surface area contributed by atoms with E-state index < -0.39 is 0 Å². The van der Waals surface area contributed by atoms with Crippen LogP contribution in [0.25, 0.3) is 0 Å². The fraction of sp³-hybridized carbons (Fsp3) is 0.471. The van der Waals surface area contributed by atoms with Gasteiger partial charge in [0.25, 0.3) is 0 Å². The van der Waals surface area contributed by atoms with E-state index in [1.807, 2.05) is 13.1 Å². The Kier molecular flexibility index (Phi) is 4.99. The van der Waals surface area contributed by atoms with Crippen molar-refractivity contribution in [2.75, 3.05) is 11.9 Å². The van der Waals surface area contributed by atoms with Crippen molar-refractivity contribution < 1.29 is 14.3 Å². The van der Waals surface area contributed by atoms with E-state index in [0.717, 1.165) is 36.8 Å². The molecule has 0 aliphatic heterocycles. The summed E-state index contributed by atoms with van der Waals surface area (Å²) in [6.45, 7) is 4.16. The smallest absolute Gasteiger partial charge is 0.341 e. The lowest BCUT2D eigenvalue weighted by atomic mass is 9.95. The molecule has 3 rings (SSSR count). The summed E-state index contributed by atoms with van der Waals surface area (Å²) >= 11 is 1.50. The maximum atomic E-state index is 12.4. The number of fused-ring (bicyclic) bond motifs is 1. The number of thiophene rings is 1. The number of ether oxygens (including phenoxy) is 1. The van der Waals surface area contributed by atoms with Gasteiger partial charge in [0.05, 0.1) is 18.4 Å². The van der Waals surface area contributed by atoms with Crippen LogP contribution in [0.15, 0.2) is 12.4 Å². The molecular formula is C17H21N3O3S. The lowest BCUT2D eigenvalue weighted by molar-refractivity contribution is -0.116. The molecule has 0 aromatic carbocycles. The fourth-order valence-electron chi connectivity index (χ4n) is 2.94. The molecule has 6 nitrogen and oxygen atoms in total. The van der Waals surface area contributed by atoms with Gasteiger partial charge in [0.15, 0.2) is 0 Å². The molecule has 0 radical (unpaired) electrons. The van der Waals surface area contributed by atoms with E-state index in [2.05, 4.69) is 10.4 Å². The molecule has 2 aromatic heterocycles. The SMILES string of the molecule is CCOC(=O)c1c(NC(=O)Cn2cc(C)cn2)sc2c1CCCC2. The first-order valence-electron chi connectivity index (χ1n) is 8.19. The van der Waals surface area contributed by atoms with Gasteiger partial charge >= 0.3 is 5.97 Å². The molecule has 1 aliphatic carbocycles. The number of rotatable bonds is 5. The Balaban J connectivity index is 1.82. The minimum Gasteiger partial charge on any atom is -0.462 e. The second kappa shape index (κ2) is 7.17. The molecule has 0 bridgehead atoms. The molecule has 0 unspecified atom stereocenters. The van der Waals surface area contributed by atoms with Crippen molar-refractivity contribution in [1.82, 2.24) is 9.78 Å². The third-order valence-electron chi connectivity index (χ3n) is 3.97. The Morgan fingerprint density at radius 2 is 2.17 bits per heavy atom. The van der Waals surface area contributed by atoms with E-state index in [0.29, 0.717) is 17.2 Å². The van der Waals surface area contributed by atoms with Crippen molar-refractivity contribution in [2.45, 2.75) is 46.1 Å². The predicted octanol–water partition coefficient (Wildman–Crippen LogP) is 2.95. The van der Waals surface area contributed by atoms with Gasteiger partial charge in [-0.05, 0) is 50.7 Å². The van der Waals surface area contributed by atoms with Crippen LogP contribution in [-0.4, -0.2) is 28.3 Å². The third-order valence-corrected chi connectivity index (χ3v) is 5.18. The molecule has 0 fully saturated rings. The molecule has 1 N–H and O–H groups in total. The van der Waals surface area contributed by atoms with Crippen molar-refractivity contribution in [1.29, 1.82) is 0 Å². The topological polar surface area (TPSA) is 73.2 Å². The summed E-state index contributed by atoms with van der Waals surface area (Å²) in [7, 11) is 0. The Bertz CT molecular complexity index is 763. The second-order valence-corrected chi connectivity index (χ2v) is 7.00. The van der Waals surface area contributed by atoms with Crippen molar-refractivity contribution in [3.05, 3.63) is 34.0 Å². The number of hydrogen-bond acceptors (Lipinski definition) is 5. The van der Waals surface area contributed by atoms with Crippen LogP contribution >= 0.6 is 11.3 Å². The first kappa shape index (κ1) is 16.7. The molecule has 2 aromatic rings. The number of carbonyl (C=O) groups is 2. The first-order chi connectivity index (χ1) is 11.6. The normalized spacial score (nSPS) is 13.4. The fourth-order valence-corrected chi connectivity index (χ4v) is 4.23. The summed E-state index contributed by atoms with van der Waals surface area (Å²) in [5.41, 5.74) is 2.60. The number of aryl methyl sites for hydroxylation is 2. The molecule has 0 saturated heterocycles. The van der Waals surface area contributed by atoms with Gasteiger partial charge in [-0.25, -0.2) is 4.79 Å². The highest BCUT2D eigenvalue weighted by atomic mass is 32.1. The average Bonchev–Trinajstić information content (AvgIpc) is 3.10. The Labute approximate surface area is 144 Å². The highest BCUT2D eigenvalue weighted by Crippen LogP contribution is 2.38. The van der Waals surface area contributed by atoms with Crippen LogP contribution in [0, 0.1) is 6.92 Å². The number of anilines is 1. The summed E-state index contributed by atoms with van der Waals surface area (Å²) < 4.78 is 6.78. The molecular weight excluding hydrogens is 326 g/mol. The first-order valence-corrected chi connectivity index (χ1v) is 9.00. The summed E-state index contributed by atoms with van der Waals surface area (Å²) in [5, 5.41) is 7.61. The molecule has 128 valence electrons. The van der Waals surface area contributed by atoms with Crippen LogP contribution in [-0.2, 0) is 28.9 Å². The largest absolute Gasteiger partial charge is 0.462 e. The Morgan fingerprint density at radius 3 is 2.88 bits per heavy atom. The van der Waals surface area contributed by atoms with Crippen molar-refractivity contribution >= 4 is 28.2 Å². The van der Waals surface area contributed by atoms with Crippen LogP contribution in [0.3, 0.4) is 0 Å². The van der Waals surface area contributed by atoms with Gasteiger partial charge in [0.1, 0.15) is 11.5 Å². The van der Waals surface area contributed by atoms with E-state index in [9.17, 15) is 9.59 Å². The number of hydrogen-bond donors (Lipinski definition) is 1. The Morgan fingerprint density at radius 1 is 1.38 bits per heavy atom. The number of aromatic nitrogens is 2. The van der Waals surface area contributed by atoms with E-state index in [-0.39, 0.29) is 18.4 Å². The number of amides is 1. The van der Waals surface area contributed by atoms with E-state index in [1.165, 1.54) is 16.2 Å². The van der Waals surface area contributed by atoms with Gasteiger partial charge in [0, 0.05) is 11.1 Å². The molecule has 0 saturated carbocycles. The van der Waals surface area contributed by atoms with Gasteiger partial charge in [0.2, 0.25) is 5.91 Å². The van der Waals surface area contributed by atoms with Gasteiger partial charge in [-0.1, -0.05) is 0 Å². The molecule has 24 heavy (non-hydrogen) atoms. The van der Waals surface area contributed by atoms with Gasteiger partial charge in [-0.3, -0.25) is 9.48 Å². The minimum atomic E-state index is -0.345. The van der Waals surface area contributed by atoms with Gasteiger partial charge in [-0.2, -0.15) is 5.10 Å². The highest BCUT2D eigenvalue weighted by molar-refractivity contribution is 7.17. The van der Waals surface area contributed by atoms with E-state index >= 15 is 0 Å². The monoisotopic (exact) mass is 347 g/mol. The molecule has 1 amide bonds. The van der Waals surface area contributed by atoms with Crippen molar-refractivity contribution in [3.63, 3.8) is 0 Å². The van der Waals surface area contributed by atoms with Crippen molar-refractivity contribution in [3.8, 4) is 0 Å². The minimum absolute atomic E-state index is 0.124. The summed E-state index contributed by atoms with van der Waals surface area (Å²) in [6, 6.07) is 0. The molecule has 7 heteroatoms. The zero-order valence-electron chi connectivity index (χ0n) is 13.9. The van der Waals surface area contributed by atoms with E-state index in [4.69, 9.17) is 4.74 Å². The molecule has 1 aliphatic rings. The maximum Gasteiger partial charge on any atom is 0.341 e. The van der Waals surface area contributed by atoms with Crippen LogP contribution in [0.2, 0.25) is 0 Å². The summed E-state index contributed by atoms with van der Waals surface area (Å²) in [6.07, 6.45) is 7.53. The number of nitrogens with zero attached hydrogens (tertiary/aromatic N) is 2. The zero-order chi connectivity index (χ0) is 17.1. The number of esters is 1. The molecule has 0 atom stereocenters. The number of carbonyl (C=O) groups excluding carboxylic acids is 2. The maximum absolute atomic E-state index is 12.4. The second-order valence-electron chi connectivity index (χ2n) is 5.90. The highest BCUT2D eigenvalue weighted by Gasteiger charge is 2.27. The van der Waals surface area contributed by atoms with Crippen LogP contribution in [0.1, 0.15) is 46.1 Å². The zero-order valence-corrected chi connectivity index (χ0v) is 14.7. The van der Waals surface area contributed by atoms with Gasteiger partial charge in [-0.15, -0.1) is 11.3 Å². The van der Waals surface area contributed by atoms with Crippen LogP contribution in [0.4, 0.5) is 5.00 Å². The predicted molar refractivity (Wildman–Crippen MR) is 92.5 cm³/mol. The lowest BCUT2D eigenvalue weighted by Gasteiger charge is -2.12. The van der Waals surface area contributed by atoms with Gasteiger partial charge < -0.3 is 10.1 Å². The van der Waals surface area contributed by atoms with Crippen LogP contribution in [0.5, 0.6) is 0 Å². The quantitative estimate of drug-likeness (QED) is 0.844. The van der Waals surface area contributed by atoms with E-state index in [1.54, 1.807) is 17.8 Å². The summed E-state index contributed by atoms with van der Waals surface area (Å²) in [5.74, 6) is -0.538. The Hall–Kier alpha value is -2.15. The summed E-state index contributed by atoms with van der Waals surface area (Å²) in [4.78, 5) is 25.9. The van der Waals surface area contributed by atoms with Crippen LogP contribution < -0.4 is 5.32 Å².